The zero-order chi connectivity index (χ0) is 20.3. The molecule has 0 spiro atoms. The molecule has 1 unspecified atom stereocenters. The summed E-state index contributed by atoms with van der Waals surface area (Å²) in [6, 6.07) is 15.2. The quantitative estimate of drug-likeness (QED) is 0.541. The summed E-state index contributed by atoms with van der Waals surface area (Å²) in [5, 5.41) is 10.5. The number of aromatic amines is 2. The van der Waals surface area contributed by atoms with E-state index in [2.05, 4.69) is 14.9 Å². The van der Waals surface area contributed by atoms with E-state index >= 15 is 0 Å². The van der Waals surface area contributed by atoms with Crippen LogP contribution in [0.1, 0.15) is 36.6 Å². The summed E-state index contributed by atoms with van der Waals surface area (Å²) in [5.74, 6) is -0.658. The molecule has 0 fully saturated rings. The standard InChI is InChI=1S/C21H22FN3O2S/c1-13(2)25(12-14-6-4-3-5-7-14)18(15-8-10-16(22)11-9-15)17-19(26)23-21(28)24-20(17)27/h3-11,13,18H,12H2,1-2H3,(H3,23,24,26,27,28). The van der Waals surface area contributed by atoms with Gasteiger partial charge in [-0.05, 0) is 49.3 Å². The van der Waals surface area contributed by atoms with Gasteiger partial charge in [0, 0.05) is 12.6 Å². The van der Waals surface area contributed by atoms with Gasteiger partial charge in [-0.25, -0.2) is 4.39 Å². The van der Waals surface area contributed by atoms with Crippen molar-refractivity contribution in [1.82, 2.24) is 14.9 Å². The SMILES string of the molecule is CC(C)N(Cc1ccccc1)C(c1ccc(F)cc1)c1c(O)[nH]c(=S)[nH]c1=O. The Morgan fingerprint density at radius 1 is 1.07 bits per heavy atom. The molecule has 0 radical (unpaired) electrons. The highest BCUT2D eigenvalue weighted by Gasteiger charge is 2.30. The number of benzene rings is 2. The molecular weight excluding hydrogens is 377 g/mol. The second kappa shape index (κ2) is 8.50. The average Bonchev–Trinajstić information content (AvgIpc) is 2.64. The Morgan fingerprint density at radius 2 is 1.71 bits per heavy atom. The van der Waals surface area contributed by atoms with E-state index in [0.717, 1.165) is 5.56 Å². The Balaban J connectivity index is 2.18. The van der Waals surface area contributed by atoms with Gasteiger partial charge < -0.3 is 10.1 Å². The van der Waals surface area contributed by atoms with Crippen LogP contribution in [0.2, 0.25) is 0 Å². The van der Waals surface area contributed by atoms with Crippen molar-refractivity contribution in [3.63, 3.8) is 0 Å². The summed E-state index contributed by atoms with van der Waals surface area (Å²) in [6.45, 7) is 4.56. The normalized spacial score (nSPS) is 12.5. The van der Waals surface area contributed by atoms with E-state index in [4.69, 9.17) is 12.2 Å². The Kier molecular flexibility index (Phi) is 6.06. The largest absolute Gasteiger partial charge is 0.494 e. The van der Waals surface area contributed by atoms with E-state index in [1.165, 1.54) is 12.1 Å². The third-order valence-electron chi connectivity index (χ3n) is 4.62. The molecule has 7 heteroatoms. The maximum absolute atomic E-state index is 13.5. The summed E-state index contributed by atoms with van der Waals surface area (Å²) in [6.07, 6.45) is 0. The zero-order valence-corrected chi connectivity index (χ0v) is 16.5. The van der Waals surface area contributed by atoms with Crippen molar-refractivity contribution in [2.75, 3.05) is 0 Å². The highest BCUT2D eigenvalue weighted by Crippen LogP contribution is 2.33. The Labute approximate surface area is 167 Å². The number of nitrogens with zero attached hydrogens (tertiary/aromatic N) is 1. The van der Waals surface area contributed by atoms with Gasteiger partial charge in [0.05, 0.1) is 11.6 Å². The number of nitrogens with one attached hydrogen (secondary N) is 2. The minimum Gasteiger partial charge on any atom is -0.494 e. The van der Waals surface area contributed by atoms with Gasteiger partial charge in [0.2, 0.25) is 5.88 Å². The molecule has 3 aromatic rings. The average molecular weight is 399 g/mol. The molecule has 146 valence electrons. The summed E-state index contributed by atoms with van der Waals surface area (Å²) >= 11 is 4.95. The minimum atomic E-state index is -0.601. The Morgan fingerprint density at radius 3 is 2.29 bits per heavy atom. The van der Waals surface area contributed by atoms with Gasteiger partial charge >= 0.3 is 0 Å². The van der Waals surface area contributed by atoms with Crippen molar-refractivity contribution in [3.05, 3.63) is 92.2 Å². The smallest absolute Gasteiger partial charge is 0.260 e. The fourth-order valence-corrected chi connectivity index (χ4v) is 3.46. The van der Waals surface area contributed by atoms with E-state index in [0.29, 0.717) is 12.1 Å². The fraction of sp³-hybridized carbons (Fsp3) is 0.238. The van der Waals surface area contributed by atoms with Gasteiger partial charge in [-0.3, -0.25) is 14.7 Å². The zero-order valence-electron chi connectivity index (χ0n) is 15.6. The number of aromatic nitrogens is 2. The monoisotopic (exact) mass is 399 g/mol. The van der Waals surface area contributed by atoms with Crippen LogP contribution in [0.4, 0.5) is 4.39 Å². The molecule has 28 heavy (non-hydrogen) atoms. The van der Waals surface area contributed by atoms with E-state index in [-0.39, 0.29) is 28.1 Å². The molecule has 0 saturated carbocycles. The third-order valence-corrected chi connectivity index (χ3v) is 4.82. The molecule has 0 aliphatic carbocycles. The van der Waals surface area contributed by atoms with Crippen molar-refractivity contribution in [3.8, 4) is 5.88 Å². The summed E-state index contributed by atoms with van der Waals surface area (Å²) < 4.78 is 13.6. The van der Waals surface area contributed by atoms with Gasteiger partial charge in [-0.15, -0.1) is 0 Å². The van der Waals surface area contributed by atoms with E-state index < -0.39 is 11.6 Å². The number of rotatable bonds is 6. The summed E-state index contributed by atoms with van der Waals surface area (Å²) in [4.78, 5) is 19.9. The lowest BCUT2D eigenvalue weighted by Crippen LogP contribution is -2.38. The maximum atomic E-state index is 13.5. The highest BCUT2D eigenvalue weighted by atomic mass is 32.1. The van der Waals surface area contributed by atoms with Crippen LogP contribution in [0.15, 0.2) is 59.4 Å². The molecule has 0 saturated heterocycles. The molecule has 0 bridgehead atoms. The summed E-state index contributed by atoms with van der Waals surface area (Å²) in [5.41, 5.74) is 1.42. The summed E-state index contributed by atoms with van der Waals surface area (Å²) in [7, 11) is 0. The molecule has 0 aliphatic rings. The van der Waals surface area contributed by atoms with Crippen LogP contribution in [-0.4, -0.2) is 26.0 Å². The lowest BCUT2D eigenvalue weighted by Gasteiger charge is -2.35. The molecule has 1 atom stereocenters. The molecule has 5 nitrogen and oxygen atoms in total. The van der Waals surface area contributed by atoms with E-state index in [1.807, 2.05) is 44.2 Å². The molecule has 1 aromatic heterocycles. The predicted octanol–water partition coefficient (Wildman–Crippen LogP) is 4.28. The van der Waals surface area contributed by atoms with Gasteiger partial charge in [-0.2, -0.15) is 0 Å². The predicted molar refractivity (Wildman–Crippen MR) is 109 cm³/mol. The van der Waals surface area contributed by atoms with Crippen molar-refractivity contribution < 1.29 is 9.50 Å². The molecular formula is C21H22FN3O2S. The van der Waals surface area contributed by atoms with Crippen LogP contribution < -0.4 is 5.56 Å². The molecule has 1 heterocycles. The van der Waals surface area contributed by atoms with Crippen LogP contribution in [-0.2, 0) is 6.54 Å². The first-order valence-electron chi connectivity index (χ1n) is 8.97. The number of halogens is 1. The minimum absolute atomic E-state index is 0.0252. The molecule has 0 aliphatic heterocycles. The van der Waals surface area contributed by atoms with Crippen molar-refractivity contribution in [2.45, 2.75) is 32.5 Å². The number of hydrogen-bond donors (Lipinski definition) is 3. The van der Waals surface area contributed by atoms with Crippen LogP contribution in [0.3, 0.4) is 0 Å². The number of aromatic hydroxyl groups is 1. The lowest BCUT2D eigenvalue weighted by molar-refractivity contribution is 0.164. The van der Waals surface area contributed by atoms with E-state index in [9.17, 15) is 14.3 Å². The first-order valence-corrected chi connectivity index (χ1v) is 9.38. The lowest BCUT2D eigenvalue weighted by atomic mass is 9.96. The molecule has 3 rings (SSSR count). The Hall–Kier alpha value is -2.77. The van der Waals surface area contributed by atoms with Crippen LogP contribution in [0.5, 0.6) is 5.88 Å². The Bertz CT molecular complexity index is 1050. The first-order chi connectivity index (χ1) is 13.4. The second-order valence-corrected chi connectivity index (χ2v) is 7.28. The van der Waals surface area contributed by atoms with Crippen LogP contribution in [0, 0.1) is 10.6 Å². The van der Waals surface area contributed by atoms with Crippen molar-refractivity contribution >= 4 is 12.2 Å². The number of hydrogen-bond acceptors (Lipinski definition) is 4. The highest BCUT2D eigenvalue weighted by molar-refractivity contribution is 7.71. The topological polar surface area (TPSA) is 72.1 Å². The van der Waals surface area contributed by atoms with Crippen LogP contribution in [0.25, 0.3) is 0 Å². The van der Waals surface area contributed by atoms with Gasteiger partial charge in [0.1, 0.15) is 5.82 Å². The molecule has 3 N–H and O–H groups in total. The van der Waals surface area contributed by atoms with Gasteiger partial charge in [0.25, 0.3) is 5.56 Å². The molecule has 2 aromatic carbocycles. The van der Waals surface area contributed by atoms with Crippen molar-refractivity contribution in [1.29, 1.82) is 0 Å². The van der Waals surface area contributed by atoms with Crippen molar-refractivity contribution in [2.24, 2.45) is 0 Å². The van der Waals surface area contributed by atoms with Crippen LogP contribution >= 0.6 is 12.2 Å². The van der Waals surface area contributed by atoms with Gasteiger partial charge in [-0.1, -0.05) is 42.5 Å². The van der Waals surface area contributed by atoms with Gasteiger partial charge in [0.15, 0.2) is 4.77 Å². The maximum Gasteiger partial charge on any atom is 0.260 e. The molecule has 0 amide bonds. The van der Waals surface area contributed by atoms with E-state index in [1.54, 1.807) is 12.1 Å². The first kappa shape index (κ1) is 20.0. The fourth-order valence-electron chi connectivity index (χ4n) is 3.27. The second-order valence-electron chi connectivity index (χ2n) is 6.88. The third kappa shape index (κ3) is 4.37. The number of H-pyrrole nitrogens is 2.